The summed E-state index contributed by atoms with van der Waals surface area (Å²) in [6, 6.07) is 10.6. The van der Waals surface area contributed by atoms with E-state index in [2.05, 4.69) is 51.5 Å². The molecule has 3 heteroatoms. The number of aliphatic imine (C=N–C) groups is 1. The van der Waals surface area contributed by atoms with Gasteiger partial charge >= 0.3 is 0 Å². The van der Waals surface area contributed by atoms with Crippen molar-refractivity contribution in [1.29, 1.82) is 0 Å². The zero-order chi connectivity index (χ0) is 11.8. The molecule has 1 N–H and O–H groups in total. The maximum absolute atomic E-state index is 4.65. The molecule has 0 aliphatic carbocycles. The lowest BCUT2D eigenvalue weighted by molar-refractivity contribution is 0.361. The molecular weight excluding hydrogens is 212 g/mol. The minimum absolute atomic E-state index is 0.687. The van der Waals surface area contributed by atoms with Crippen LogP contribution in [-0.2, 0) is 11.2 Å². The van der Waals surface area contributed by atoms with Crippen LogP contribution in [0.15, 0.2) is 47.6 Å². The molecule has 0 radical (unpaired) electrons. The maximum atomic E-state index is 4.65. The second-order valence-corrected chi connectivity index (χ2v) is 4.10. The Morgan fingerprint density at radius 1 is 1.29 bits per heavy atom. The molecule has 1 aromatic carbocycles. The number of nitrogens with zero attached hydrogens (tertiary/aromatic N) is 1. The van der Waals surface area contributed by atoms with Crippen molar-refractivity contribution in [2.24, 2.45) is 10.9 Å². The summed E-state index contributed by atoms with van der Waals surface area (Å²) in [6.45, 7) is 2.72. The fourth-order valence-corrected chi connectivity index (χ4v) is 1.81. The summed E-state index contributed by atoms with van der Waals surface area (Å²) in [5.41, 5.74) is 1.43. The highest BCUT2D eigenvalue weighted by Crippen LogP contribution is 2.11. The van der Waals surface area contributed by atoms with Crippen molar-refractivity contribution < 1.29 is 4.74 Å². The Balaban J connectivity index is 0.000000181. The molecule has 0 amide bonds. The van der Waals surface area contributed by atoms with E-state index < -0.39 is 0 Å². The fraction of sp³-hybridized carbons (Fsp3) is 0.357. The smallest absolute Gasteiger partial charge is 0.169 e. The van der Waals surface area contributed by atoms with Gasteiger partial charge in [-0.1, -0.05) is 36.4 Å². The third-order valence-electron chi connectivity index (χ3n) is 2.69. The molecule has 1 unspecified atom stereocenters. The predicted molar refractivity (Wildman–Crippen MR) is 70.1 cm³/mol. The molecule has 0 bridgehead atoms. The largest absolute Gasteiger partial charge is 0.482 e. The number of benzene rings is 1. The van der Waals surface area contributed by atoms with Crippen molar-refractivity contribution in [2.75, 3.05) is 19.7 Å². The lowest BCUT2D eigenvalue weighted by Crippen LogP contribution is -2.10. The Morgan fingerprint density at radius 3 is 2.71 bits per heavy atom. The lowest BCUT2D eigenvalue weighted by Gasteiger charge is -2.06. The molecular formula is C14H18N2O. The normalized spacial score (nSPS) is 20.4. The van der Waals surface area contributed by atoms with Crippen molar-refractivity contribution in [1.82, 2.24) is 5.32 Å². The maximum Gasteiger partial charge on any atom is 0.169 e. The van der Waals surface area contributed by atoms with Gasteiger partial charge in [-0.05, 0) is 24.1 Å². The lowest BCUT2D eigenvalue weighted by atomic mass is 10.0. The Bertz CT molecular complexity index is 367. The number of nitrogens with one attached hydrogen (secondary N) is 1. The van der Waals surface area contributed by atoms with Gasteiger partial charge in [0.05, 0.1) is 6.54 Å². The Morgan fingerprint density at radius 2 is 2.18 bits per heavy atom. The van der Waals surface area contributed by atoms with Crippen LogP contribution in [-0.4, -0.2) is 26.1 Å². The van der Waals surface area contributed by atoms with Crippen molar-refractivity contribution in [3.8, 4) is 0 Å². The van der Waals surface area contributed by atoms with Crippen molar-refractivity contribution >= 4 is 6.40 Å². The summed E-state index contributed by atoms with van der Waals surface area (Å²) < 4.78 is 4.65. The van der Waals surface area contributed by atoms with E-state index in [9.17, 15) is 0 Å². The first-order valence-corrected chi connectivity index (χ1v) is 5.99. The van der Waals surface area contributed by atoms with Gasteiger partial charge in [-0.2, -0.15) is 0 Å². The van der Waals surface area contributed by atoms with E-state index in [0.717, 1.165) is 26.1 Å². The Hall–Kier alpha value is -1.77. The van der Waals surface area contributed by atoms with Crippen LogP contribution in [0.5, 0.6) is 0 Å². The van der Waals surface area contributed by atoms with Crippen LogP contribution in [0.1, 0.15) is 5.56 Å². The summed E-state index contributed by atoms with van der Waals surface area (Å²) >= 11 is 0. The van der Waals surface area contributed by atoms with Gasteiger partial charge in [0.2, 0.25) is 0 Å². The van der Waals surface area contributed by atoms with Crippen LogP contribution in [0.4, 0.5) is 0 Å². The van der Waals surface area contributed by atoms with E-state index in [4.69, 9.17) is 0 Å². The monoisotopic (exact) mass is 230 g/mol. The van der Waals surface area contributed by atoms with Gasteiger partial charge in [0, 0.05) is 6.54 Å². The van der Waals surface area contributed by atoms with E-state index in [1.165, 1.54) is 12.0 Å². The van der Waals surface area contributed by atoms with Crippen LogP contribution in [0.3, 0.4) is 0 Å². The highest BCUT2D eigenvalue weighted by molar-refractivity contribution is 5.47. The van der Waals surface area contributed by atoms with E-state index in [1.807, 2.05) is 6.20 Å². The van der Waals surface area contributed by atoms with E-state index in [-0.39, 0.29) is 0 Å². The van der Waals surface area contributed by atoms with Gasteiger partial charge in [-0.25, -0.2) is 0 Å². The van der Waals surface area contributed by atoms with Gasteiger partial charge in [0.25, 0.3) is 0 Å². The molecule has 0 saturated heterocycles. The minimum atomic E-state index is 0.687. The predicted octanol–water partition coefficient (Wildman–Crippen LogP) is 2.01. The Kier molecular flexibility index (Phi) is 4.64. The van der Waals surface area contributed by atoms with Crippen molar-refractivity contribution in [3.63, 3.8) is 0 Å². The molecule has 0 spiro atoms. The van der Waals surface area contributed by atoms with E-state index >= 15 is 0 Å². The van der Waals surface area contributed by atoms with Crippen LogP contribution >= 0.6 is 0 Å². The number of ether oxygens (including phenoxy) is 1. The first-order chi connectivity index (χ1) is 8.45. The topological polar surface area (TPSA) is 33.6 Å². The molecule has 2 aliphatic rings. The molecule has 0 fully saturated rings. The molecule has 17 heavy (non-hydrogen) atoms. The van der Waals surface area contributed by atoms with E-state index in [0.29, 0.717) is 5.92 Å². The van der Waals surface area contributed by atoms with Crippen LogP contribution in [0.2, 0.25) is 0 Å². The fourth-order valence-electron chi connectivity index (χ4n) is 1.81. The number of hydrogen-bond acceptors (Lipinski definition) is 3. The van der Waals surface area contributed by atoms with Crippen LogP contribution in [0, 0.1) is 5.92 Å². The summed E-state index contributed by atoms with van der Waals surface area (Å²) in [4.78, 5) is 3.74. The highest BCUT2D eigenvalue weighted by atomic mass is 16.5. The zero-order valence-corrected chi connectivity index (χ0v) is 9.88. The first kappa shape index (κ1) is 11.7. The third kappa shape index (κ3) is 4.31. The molecule has 3 nitrogen and oxygen atoms in total. The molecule has 0 aromatic heterocycles. The Labute approximate surface area is 102 Å². The first-order valence-electron chi connectivity index (χ1n) is 5.99. The quantitative estimate of drug-likeness (QED) is 0.843. The second-order valence-electron chi connectivity index (χ2n) is 4.10. The van der Waals surface area contributed by atoms with Gasteiger partial charge in [-0.3, -0.25) is 4.99 Å². The summed E-state index contributed by atoms with van der Waals surface area (Å²) in [5, 5.41) is 3.21. The zero-order valence-electron chi connectivity index (χ0n) is 9.88. The molecule has 3 rings (SSSR count). The van der Waals surface area contributed by atoms with Crippen LogP contribution < -0.4 is 5.32 Å². The molecule has 0 saturated carbocycles. The van der Waals surface area contributed by atoms with Gasteiger partial charge < -0.3 is 10.1 Å². The standard InChI is InChI=1S/C11H13N.C3H5NO/c1-2-4-10(5-3-1)8-11-6-7-12-9-11;1-2-5-3-4-1/h1-7,11-12H,8-9H2;3H,1-2H2. The second kappa shape index (κ2) is 6.74. The molecule has 1 aromatic rings. The average molecular weight is 230 g/mol. The highest BCUT2D eigenvalue weighted by Gasteiger charge is 2.08. The van der Waals surface area contributed by atoms with Crippen molar-refractivity contribution in [3.05, 3.63) is 48.2 Å². The summed E-state index contributed by atoms with van der Waals surface area (Å²) in [7, 11) is 0. The van der Waals surface area contributed by atoms with Gasteiger partial charge in [0.1, 0.15) is 6.61 Å². The average Bonchev–Trinajstić information content (AvgIpc) is 3.06. The summed E-state index contributed by atoms with van der Waals surface area (Å²) in [5.74, 6) is 0.687. The molecule has 90 valence electrons. The van der Waals surface area contributed by atoms with Crippen LogP contribution in [0.25, 0.3) is 0 Å². The molecule has 2 aliphatic heterocycles. The molecule has 1 atom stereocenters. The van der Waals surface area contributed by atoms with Crippen molar-refractivity contribution in [2.45, 2.75) is 6.42 Å². The number of hydrogen-bond donors (Lipinski definition) is 1. The van der Waals surface area contributed by atoms with Gasteiger partial charge in [-0.15, -0.1) is 0 Å². The summed E-state index contributed by atoms with van der Waals surface area (Å²) in [6.07, 6.45) is 6.94. The van der Waals surface area contributed by atoms with Gasteiger partial charge in [0.15, 0.2) is 6.40 Å². The van der Waals surface area contributed by atoms with E-state index in [1.54, 1.807) is 0 Å². The molecule has 2 heterocycles. The SMILES string of the molecule is C1=CC(Cc2ccccc2)CN1.C1=NCCO1. The minimum Gasteiger partial charge on any atom is -0.482 e. The third-order valence-corrected chi connectivity index (χ3v) is 2.69. The number of rotatable bonds is 2.